The topological polar surface area (TPSA) is 69.3 Å². The second-order valence-electron chi connectivity index (χ2n) is 6.92. The maximum atomic E-state index is 12.6. The van der Waals surface area contributed by atoms with E-state index in [0.717, 1.165) is 5.56 Å². The Morgan fingerprint density at radius 3 is 2.24 bits per heavy atom. The Balaban J connectivity index is 1.42. The third-order valence-electron chi connectivity index (χ3n) is 4.55. The number of furan rings is 1. The second-order valence-corrected chi connectivity index (χ2v) is 9.21. The van der Waals surface area contributed by atoms with Crippen molar-refractivity contribution in [1.29, 1.82) is 0 Å². The number of amides is 1. The van der Waals surface area contributed by atoms with Crippen molar-refractivity contribution in [3.05, 3.63) is 95.9 Å². The molecule has 4 aromatic rings. The minimum atomic E-state index is -0.535. The monoisotopic (exact) mass is 577 g/mol. The molecule has 1 N–H and O–H groups in total. The molecule has 34 heavy (non-hydrogen) atoms. The van der Waals surface area contributed by atoms with Gasteiger partial charge in [0.2, 0.25) is 0 Å². The number of aromatic nitrogens is 2. The lowest BCUT2D eigenvalue weighted by atomic mass is 10.2. The van der Waals surface area contributed by atoms with E-state index in [4.69, 9.17) is 78.8 Å². The molecule has 2 aromatic heterocycles. The number of anilines is 1. The number of halogens is 6. The van der Waals surface area contributed by atoms with Gasteiger partial charge in [-0.1, -0.05) is 99.9 Å². The van der Waals surface area contributed by atoms with E-state index in [1.54, 1.807) is 16.9 Å². The van der Waals surface area contributed by atoms with Gasteiger partial charge in [0.05, 0.1) is 21.6 Å². The average molecular weight is 580 g/mol. The Bertz CT molecular complexity index is 1320. The largest absolute Gasteiger partial charge is 0.482 e. The summed E-state index contributed by atoms with van der Waals surface area (Å²) >= 11 is 36.6. The van der Waals surface area contributed by atoms with Crippen LogP contribution in [0.2, 0.25) is 30.1 Å². The maximum Gasteiger partial charge on any atom is 0.292 e. The number of hydrogen-bond donors (Lipinski definition) is 1. The lowest BCUT2D eigenvalue weighted by Gasteiger charge is -2.12. The van der Waals surface area contributed by atoms with Crippen molar-refractivity contribution >= 4 is 81.3 Å². The fraction of sp³-hybridized carbons (Fsp3) is 0.0909. The average Bonchev–Trinajstić information content (AvgIpc) is 3.43. The summed E-state index contributed by atoms with van der Waals surface area (Å²) in [4.78, 5) is 12.6. The van der Waals surface area contributed by atoms with Crippen LogP contribution in [0.3, 0.4) is 0 Å². The van der Waals surface area contributed by atoms with Crippen molar-refractivity contribution in [3.8, 4) is 5.75 Å². The van der Waals surface area contributed by atoms with Gasteiger partial charge in [-0.15, -0.1) is 0 Å². The number of benzene rings is 2. The molecule has 0 aliphatic rings. The highest BCUT2D eigenvalue weighted by molar-refractivity contribution is 6.55. The summed E-state index contributed by atoms with van der Waals surface area (Å²) in [7, 11) is 0. The molecular weight excluding hydrogens is 567 g/mol. The molecule has 0 aliphatic carbocycles. The van der Waals surface area contributed by atoms with Crippen LogP contribution in [0.15, 0.2) is 53.1 Å². The van der Waals surface area contributed by atoms with E-state index in [-0.39, 0.29) is 49.0 Å². The van der Waals surface area contributed by atoms with Crippen LogP contribution in [0.5, 0.6) is 5.75 Å². The molecule has 0 unspecified atom stereocenters. The predicted molar refractivity (Wildman–Crippen MR) is 135 cm³/mol. The van der Waals surface area contributed by atoms with E-state index in [0.29, 0.717) is 17.3 Å². The lowest BCUT2D eigenvalue weighted by molar-refractivity contribution is 0.0992. The Labute approximate surface area is 224 Å². The van der Waals surface area contributed by atoms with Gasteiger partial charge >= 0.3 is 0 Å². The summed E-state index contributed by atoms with van der Waals surface area (Å²) in [6.45, 7) is 0.399. The molecular formula is C22H13Cl6N3O3. The molecule has 0 saturated heterocycles. The molecule has 2 aromatic carbocycles. The molecule has 0 bridgehead atoms. The fourth-order valence-electron chi connectivity index (χ4n) is 2.93. The zero-order valence-corrected chi connectivity index (χ0v) is 21.5. The smallest absolute Gasteiger partial charge is 0.292 e. The van der Waals surface area contributed by atoms with Crippen LogP contribution in [0.4, 0.5) is 5.82 Å². The van der Waals surface area contributed by atoms with Crippen LogP contribution >= 0.6 is 69.6 Å². The maximum absolute atomic E-state index is 12.6. The number of ether oxygens (including phenoxy) is 1. The summed E-state index contributed by atoms with van der Waals surface area (Å²) in [5, 5.41) is 7.29. The minimum absolute atomic E-state index is 0.00585. The number of carbonyl (C=O) groups excluding carboxylic acids is 1. The number of rotatable bonds is 7. The lowest BCUT2D eigenvalue weighted by Crippen LogP contribution is -2.12. The van der Waals surface area contributed by atoms with Crippen LogP contribution in [-0.2, 0) is 13.2 Å². The molecule has 0 spiro atoms. The summed E-state index contributed by atoms with van der Waals surface area (Å²) in [5.74, 6) is 0.0604. The summed E-state index contributed by atoms with van der Waals surface area (Å²) in [6, 6.07) is 12.8. The summed E-state index contributed by atoms with van der Waals surface area (Å²) in [6.07, 6.45) is 1.63. The molecule has 1 amide bonds. The molecule has 0 fully saturated rings. The molecule has 6 nitrogen and oxygen atoms in total. The van der Waals surface area contributed by atoms with Crippen LogP contribution < -0.4 is 10.1 Å². The van der Waals surface area contributed by atoms with Crippen LogP contribution in [0, 0.1) is 0 Å². The van der Waals surface area contributed by atoms with Gasteiger partial charge < -0.3 is 14.5 Å². The Hall–Kier alpha value is -2.06. The Kier molecular flexibility index (Phi) is 7.87. The number of hydrogen-bond acceptors (Lipinski definition) is 4. The van der Waals surface area contributed by atoms with E-state index >= 15 is 0 Å². The van der Waals surface area contributed by atoms with Crippen LogP contribution in [0.25, 0.3) is 0 Å². The quantitative estimate of drug-likeness (QED) is 0.177. The van der Waals surface area contributed by atoms with Gasteiger partial charge in [0, 0.05) is 6.20 Å². The SMILES string of the molecule is O=C(Nc1nn(Cc2ccccc2)cc1Cl)c1ccc(COc2c(Cl)c(Cl)c(Cl)c(Cl)c2Cl)o1. The van der Waals surface area contributed by atoms with E-state index < -0.39 is 5.91 Å². The van der Waals surface area contributed by atoms with Gasteiger partial charge in [-0.25, -0.2) is 0 Å². The summed E-state index contributed by atoms with van der Waals surface area (Å²) in [5.41, 5.74) is 1.04. The number of nitrogens with zero attached hydrogens (tertiary/aromatic N) is 2. The van der Waals surface area contributed by atoms with Crippen LogP contribution in [0.1, 0.15) is 21.9 Å². The van der Waals surface area contributed by atoms with Gasteiger partial charge in [0.15, 0.2) is 17.3 Å². The minimum Gasteiger partial charge on any atom is -0.482 e. The molecule has 0 atom stereocenters. The zero-order chi connectivity index (χ0) is 24.4. The van der Waals surface area contributed by atoms with E-state index in [9.17, 15) is 4.79 Å². The van der Waals surface area contributed by atoms with Gasteiger partial charge in [-0.3, -0.25) is 9.48 Å². The first kappa shape index (κ1) is 25.0. The first-order valence-corrected chi connectivity index (χ1v) is 11.8. The van der Waals surface area contributed by atoms with Gasteiger partial charge in [-0.2, -0.15) is 5.10 Å². The normalized spacial score (nSPS) is 11.0. The highest BCUT2D eigenvalue weighted by Crippen LogP contribution is 2.48. The van der Waals surface area contributed by atoms with Crippen molar-refractivity contribution < 1.29 is 13.9 Å². The number of carbonyl (C=O) groups is 1. The van der Waals surface area contributed by atoms with E-state index in [1.165, 1.54) is 6.07 Å². The van der Waals surface area contributed by atoms with Crippen molar-refractivity contribution in [2.24, 2.45) is 0 Å². The fourth-order valence-corrected chi connectivity index (χ4v) is 4.36. The molecule has 0 saturated carbocycles. The first-order valence-electron chi connectivity index (χ1n) is 9.55. The Morgan fingerprint density at radius 1 is 0.912 bits per heavy atom. The zero-order valence-electron chi connectivity index (χ0n) is 16.9. The number of nitrogens with one attached hydrogen (secondary N) is 1. The van der Waals surface area contributed by atoms with Gasteiger partial charge in [-0.05, 0) is 17.7 Å². The third-order valence-corrected chi connectivity index (χ3v) is 7.07. The molecule has 4 rings (SSSR count). The first-order chi connectivity index (χ1) is 16.2. The third kappa shape index (κ3) is 5.43. The molecule has 2 heterocycles. The highest BCUT2D eigenvalue weighted by Gasteiger charge is 2.21. The van der Waals surface area contributed by atoms with Gasteiger partial charge in [0.25, 0.3) is 5.91 Å². The molecule has 0 aliphatic heterocycles. The summed E-state index contributed by atoms with van der Waals surface area (Å²) < 4.78 is 12.8. The Morgan fingerprint density at radius 2 is 1.56 bits per heavy atom. The molecule has 176 valence electrons. The molecule has 0 radical (unpaired) electrons. The van der Waals surface area contributed by atoms with E-state index in [1.807, 2.05) is 30.3 Å². The second kappa shape index (κ2) is 10.7. The predicted octanol–water partition coefficient (Wildman–Crippen LogP) is 8.28. The van der Waals surface area contributed by atoms with Gasteiger partial charge in [0.1, 0.15) is 27.4 Å². The van der Waals surface area contributed by atoms with Crippen molar-refractivity contribution in [2.75, 3.05) is 5.32 Å². The van der Waals surface area contributed by atoms with E-state index in [2.05, 4.69) is 10.4 Å². The molecule has 12 heteroatoms. The van der Waals surface area contributed by atoms with Crippen LogP contribution in [-0.4, -0.2) is 15.7 Å². The highest BCUT2D eigenvalue weighted by atomic mass is 35.5. The van der Waals surface area contributed by atoms with Crippen molar-refractivity contribution in [3.63, 3.8) is 0 Å². The van der Waals surface area contributed by atoms with Crippen molar-refractivity contribution in [2.45, 2.75) is 13.2 Å². The van der Waals surface area contributed by atoms with Crippen molar-refractivity contribution in [1.82, 2.24) is 9.78 Å². The standard InChI is InChI=1S/C22H13Cl6N3O3/c23-13-9-31(8-11-4-2-1-3-5-11)30-21(13)29-22(32)14-7-6-12(34-14)10-33-20-18(27)16(25)15(24)17(26)19(20)28/h1-7,9H,8,10H2,(H,29,30,32).